The lowest BCUT2D eigenvalue weighted by Crippen LogP contribution is -2.45. The first kappa shape index (κ1) is 26.0. The van der Waals surface area contributed by atoms with E-state index in [0.717, 1.165) is 38.3 Å². The first-order chi connectivity index (χ1) is 13.6. The molecule has 0 spiro atoms. The minimum Gasteiger partial charge on any atom is -0.493 e. The molecule has 0 bridgehead atoms. The normalized spacial score (nSPS) is 14.2. The number of piperazine rings is 1. The molecule has 3 rings (SSSR count). The van der Waals surface area contributed by atoms with E-state index in [1.54, 1.807) is 14.2 Å². The Bertz CT molecular complexity index is 797. The van der Waals surface area contributed by atoms with Crippen molar-refractivity contribution in [3.05, 3.63) is 53.6 Å². The van der Waals surface area contributed by atoms with Gasteiger partial charge in [-0.2, -0.15) is 0 Å². The van der Waals surface area contributed by atoms with Crippen molar-refractivity contribution < 1.29 is 19.0 Å². The number of hydrogen-bond donors (Lipinski definition) is 0. The van der Waals surface area contributed by atoms with Gasteiger partial charge in [-0.25, -0.2) is 0 Å². The summed E-state index contributed by atoms with van der Waals surface area (Å²) in [5, 5.41) is 0. The van der Waals surface area contributed by atoms with Gasteiger partial charge in [0, 0.05) is 51.8 Å². The van der Waals surface area contributed by atoms with Gasteiger partial charge >= 0.3 is 5.97 Å². The summed E-state index contributed by atoms with van der Waals surface area (Å²) >= 11 is 0. The molecule has 1 heterocycles. The van der Waals surface area contributed by atoms with Gasteiger partial charge in [0.2, 0.25) is 5.75 Å². The quantitative estimate of drug-likeness (QED) is 0.466. The smallest absolute Gasteiger partial charge is 0.308 e. The Morgan fingerprint density at radius 1 is 0.833 bits per heavy atom. The summed E-state index contributed by atoms with van der Waals surface area (Å²) in [6, 6.07) is 14.3. The van der Waals surface area contributed by atoms with E-state index in [2.05, 4.69) is 34.1 Å². The Morgan fingerprint density at radius 3 is 1.97 bits per heavy atom. The molecule has 166 valence electrons. The molecule has 0 aliphatic carbocycles. The van der Waals surface area contributed by atoms with Gasteiger partial charge in [-0.05, 0) is 11.6 Å². The van der Waals surface area contributed by atoms with Gasteiger partial charge in [0.15, 0.2) is 11.5 Å². The van der Waals surface area contributed by atoms with E-state index in [0.29, 0.717) is 23.8 Å². The summed E-state index contributed by atoms with van der Waals surface area (Å²) in [5.41, 5.74) is 2.26. The molecule has 0 aromatic heterocycles. The largest absolute Gasteiger partial charge is 0.493 e. The molecule has 0 atom stereocenters. The van der Waals surface area contributed by atoms with Crippen LogP contribution in [0.5, 0.6) is 17.2 Å². The van der Waals surface area contributed by atoms with Crippen molar-refractivity contribution in [2.24, 2.45) is 0 Å². The van der Waals surface area contributed by atoms with Crippen molar-refractivity contribution in [2.75, 3.05) is 40.4 Å². The molecule has 30 heavy (non-hydrogen) atoms. The van der Waals surface area contributed by atoms with Crippen LogP contribution in [-0.4, -0.2) is 56.2 Å². The Kier molecular flexibility index (Phi) is 11.0. The minimum atomic E-state index is -0.375. The number of nitrogens with zero attached hydrogens (tertiary/aromatic N) is 2. The van der Waals surface area contributed by atoms with Crippen molar-refractivity contribution in [3.8, 4) is 17.2 Å². The second-order valence-electron chi connectivity index (χ2n) is 6.92. The predicted octanol–water partition coefficient (Wildman–Crippen LogP) is 3.79. The van der Waals surface area contributed by atoms with E-state index < -0.39 is 0 Å². The van der Waals surface area contributed by atoms with Crippen LogP contribution in [0.1, 0.15) is 18.1 Å². The van der Waals surface area contributed by atoms with Gasteiger partial charge in [-0.3, -0.25) is 14.6 Å². The molecule has 6 nitrogen and oxygen atoms in total. The maximum absolute atomic E-state index is 11.6. The topological polar surface area (TPSA) is 51.2 Å². The number of hydrogen-bond acceptors (Lipinski definition) is 6. The van der Waals surface area contributed by atoms with Gasteiger partial charge in [-0.1, -0.05) is 36.4 Å². The van der Waals surface area contributed by atoms with Crippen LogP contribution in [-0.2, 0) is 17.9 Å². The Hall–Kier alpha value is -1.99. The van der Waals surface area contributed by atoms with Gasteiger partial charge in [0.25, 0.3) is 0 Å². The SMILES string of the molecule is COc1ccc(CN2CCN(Cc3ccccc3)CC2)c(OC(C)=O)c1OC.Cl.Cl. The van der Waals surface area contributed by atoms with Crippen molar-refractivity contribution in [1.29, 1.82) is 0 Å². The van der Waals surface area contributed by atoms with Crippen molar-refractivity contribution >= 4 is 30.8 Å². The summed E-state index contributed by atoms with van der Waals surface area (Å²) in [7, 11) is 3.12. The molecular formula is C22H30Cl2N2O4. The molecule has 0 unspecified atom stereocenters. The highest BCUT2D eigenvalue weighted by Crippen LogP contribution is 2.40. The van der Waals surface area contributed by atoms with Crippen molar-refractivity contribution in [1.82, 2.24) is 9.80 Å². The first-order valence-corrected chi connectivity index (χ1v) is 9.51. The molecular weight excluding hydrogens is 427 g/mol. The Morgan fingerprint density at radius 2 is 1.43 bits per heavy atom. The molecule has 2 aromatic rings. The molecule has 1 fully saturated rings. The van der Waals surface area contributed by atoms with Crippen LogP contribution < -0.4 is 14.2 Å². The Balaban J connectivity index is 0.00000225. The molecule has 8 heteroatoms. The maximum Gasteiger partial charge on any atom is 0.308 e. The number of carbonyl (C=O) groups excluding carboxylic acids is 1. The highest BCUT2D eigenvalue weighted by Gasteiger charge is 2.22. The van der Waals surface area contributed by atoms with Crippen LogP contribution in [0, 0.1) is 0 Å². The molecule has 0 amide bonds. The van der Waals surface area contributed by atoms with Crippen LogP contribution in [0.25, 0.3) is 0 Å². The van der Waals surface area contributed by atoms with Crippen molar-refractivity contribution in [3.63, 3.8) is 0 Å². The lowest BCUT2D eigenvalue weighted by atomic mass is 10.1. The third-order valence-corrected chi connectivity index (χ3v) is 4.94. The van der Waals surface area contributed by atoms with E-state index in [-0.39, 0.29) is 30.8 Å². The standard InChI is InChI=1S/C22H28N2O4.2ClH/c1-17(25)28-21-19(9-10-20(26-2)22(21)27-3)16-24-13-11-23(12-14-24)15-18-7-5-4-6-8-18;;/h4-10H,11-16H2,1-3H3;2*1H. The molecule has 1 aliphatic rings. The van der Waals surface area contributed by atoms with Crippen molar-refractivity contribution in [2.45, 2.75) is 20.0 Å². The number of esters is 1. The van der Waals surface area contributed by atoms with E-state index in [9.17, 15) is 4.79 Å². The summed E-state index contributed by atoms with van der Waals surface area (Å²) < 4.78 is 16.3. The highest BCUT2D eigenvalue weighted by molar-refractivity contribution is 5.85. The summed E-state index contributed by atoms with van der Waals surface area (Å²) in [6.45, 7) is 6.99. The number of benzene rings is 2. The molecule has 0 saturated carbocycles. The van der Waals surface area contributed by atoms with Crippen LogP contribution in [0.15, 0.2) is 42.5 Å². The maximum atomic E-state index is 11.6. The third kappa shape index (κ3) is 6.77. The van der Waals surface area contributed by atoms with E-state index >= 15 is 0 Å². The number of halogens is 2. The van der Waals surface area contributed by atoms with Gasteiger partial charge in [0.05, 0.1) is 14.2 Å². The zero-order valence-corrected chi connectivity index (χ0v) is 19.3. The third-order valence-electron chi connectivity index (χ3n) is 4.94. The minimum absolute atomic E-state index is 0. The summed E-state index contributed by atoms with van der Waals surface area (Å²) in [6.07, 6.45) is 0. The number of ether oxygens (including phenoxy) is 3. The highest BCUT2D eigenvalue weighted by atomic mass is 35.5. The monoisotopic (exact) mass is 456 g/mol. The lowest BCUT2D eigenvalue weighted by Gasteiger charge is -2.35. The number of carbonyl (C=O) groups is 1. The van der Waals surface area contributed by atoms with E-state index in [1.807, 2.05) is 18.2 Å². The fraction of sp³-hybridized carbons (Fsp3) is 0.409. The molecule has 0 radical (unpaired) electrons. The number of methoxy groups -OCH3 is 2. The van der Waals surface area contributed by atoms with Gasteiger partial charge < -0.3 is 14.2 Å². The van der Waals surface area contributed by atoms with Crippen LogP contribution in [0.4, 0.5) is 0 Å². The van der Waals surface area contributed by atoms with Crippen LogP contribution in [0.2, 0.25) is 0 Å². The van der Waals surface area contributed by atoms with E-state index in [1.165, 1.54) is 12.5 Å². The zero-order chi connectivity index (χ0) is 19.9. The molecule has 1 saturated heterocycles. The second-order valence-corrected chi connectivity index (χ2v) is 6.92. The average Bonchev–Trinajstić information content (AvgIpc) is 2.71. The van der Waals surface area contributed by atoms with Gasteiger partial charge in [-0.15, -0.1) is 24.8 Å². The summed E-state index contributed by atoms with van der Waals surface area (Å²) in [5.74, 6) is 1.08. The second kappa shape index (κ2) is 12.6. The van der Waals surface area contributed by atoms with Crippen LogP contribution >= 0.6 is 24.8 Å². The molecule has 2 aromatic carbocycles. The summed E-state index contributed by atoms with van der Waals surface area (Å²) in [4.78, 5) is 16.4. The predicted molar refractivity (Wildman–Crippen MR) is 122 cm³/mol. The lowest BCUT2D eigenvalue weighted by molar-refractivity contribution is -0.132. The van der Waals surface area contributed by atoms with E-state index in [4.69, 9.17) is 14.2 Å². The van der Waals surface area contributed by atoms with Crippen LogP contribution in [0.3, 0.4) is 0 Å². The zero-order valence-electron chi connectivity index (χ0n) is 17.6. The average molecular weight is 457 g/mol. The fourth-order valence-electron chi connectivity index (χ4n) is 3.51. The fourth-order valence-corrected chi connectivity index (χ4v) is 3.51. The first-order valence-electron chi connectivity index (χ1n) is 9.51. The molecule has 0 N–H and O–H groups in total. The Labute approximate surface area is 190 Å². The number of rotatable bonds is 7. The molecule has 1 aliphatic heterocycles. The van der Waals surface area contributed by atoms with Gasteiger partial charge in [0.1, 0.15) is 0 Å².